The van der Waals surface area contributed by atoms with Crippen molar-refractivity contribution in [1.29, 1.82) is 0 Å². The number of hydrogen-bond donors (Lipinski definition) is 3. The number of aromatic hydroxyl groups is 1. The number of carbonyl (C=O) groups is 1. The second-order valence-corrected chi connectivity index (χ2v) is 4.13. The molecule has 0 radical (unpaired) electrons. The number of hydrogen-bond acceptors (Lipinski definition) is 4. The van der Waals surface area contributed by atoms with E-state index in [4.69, 9.17) is 9.84 Å². The van der Waals surface area contributed by atoms with Gasteiger partial charge < -0.3 is 20.3 Å². The van der Waals surface area contributed by atoms with Gasteiger partial charge in [0.05, 0.1) is 18.8 Å². The van der Waals surface area contributed by atoms with E-state index in [2.05, 4.69) is 5.32 Å². The molecule has 5 heteroatoms. The monoisotopic (exact) mass is 253 g/mol. The highest BCUT2D eigenvalue weighted by molar-refractivity contribution is 5.97. The quantitative estimate of drug-likeness (QED) is 0.667. The van der Waals surface area contributed by atoms with E-state index >= 15 is 0 Å². The van der Waals surface area contributed by atoms with Crippen molar-refractivity contribution >= 4 is 5.91 Å². The molecule has 1 aromatic rings. The molecule has 0 heterocycles. The van der Waals surface area contributed by atoms with E-state index in [-0.39, 0.29) is 23.3 Å². The van der Waals surface area contributed by atoms with Gasteiger partial charge in [-0.3, -0.25) is 4.79 Å². The molecule has 5 nitrogen and oxygen atoms in total. The predicted octanol–water partition coefficient (Wildman–Crippen LogP) is 1.29. The summed E-state index contributed by atoms with van der Waals surface area (Å²) in [5.41, 5.74) is 0.186. The molecule has 0 bridgehead atoms. The molecule has 0 saturated carbocycles. The van der Waals surface area contributed by atoms with Crippen molar-refractivity contribution in [3.8, 4) is 11.5 Å². The Hall–Kier alpha value is -1.75. The minimum absolute atomic E-state index is 0.0798. The second-order valence-electron chi connectivity index (χ2n) is 4.13. The fraction of sp³-hybridized carbons (Fsp3) is 0.462. The SMILES string of the molecule is COc1ccc(O)c(C(=O)NCCCC(C)O)c1. The molecule has 0 aliphatic carbocycles. The number of phenols is 1. The molecular formula is C13H19NO4. The molecule has 0 aliphatic rings. The highest BCUT2D eigenvalue weighted by atomic mass is 16.5. The zero-order valence-electron chi connectivity index (χ0n) is 10.6. The molecule has 1 aromatic carbocycles. The Morgan fingerprint density at radius 1 is 1.50 bits per heavy atom. The number of nitrogens with one attached hydrogen (secondary N) is 1. The lowest BCUT2D eigenvalue weighted by Gasteiger charge is -2.09. The first kappa shape index (κ1) is 14.3. The van der Waals surface area contributed by atoms with Crippen molar-refractivity contribution in [3.63, 3.8) is 0 Å². The Morgan fingerprint density at radius 2 is 2.22 bits per heavy atom. The molecule has 1 unspecified atom stereocenters. The van der Waals surface area contributed by atoms with Crippen molar-refractivity contribution in [1.82, 2.24) is 5.32 Å². The van der Waals surface area contributed by atoms with Crippen molar-refractivity contribution in [2.75, 3.05) is 13.7 Å². The summed E-state index contributed by atoms with van der Waals surface area (Å²) >= 11 is 0. The van der Waals surface area contributed by atoms with Crippen LogP contribution in [0.4, 0.5) is 0 Å². The number of ether oxygens (including phenoxy) is 1. The Morgan fingerprint density at radius 3 is 2.83 bits per heavy atom. The van der Waals surface area contributed by atoms with Crippen LogP contribution >= 0.6 is 0 Å². The first-order chi connectivity index (χ1) is 8.54. The normalized spacial score (nSPS) is 11.9. The second kappa shape index (κ2) is 6.86. The van der Waals surface area contributed by atoms with E-state index in [1.54, 1.807) is 13.0 Å². The molecule has 0 aromatic heterocycles. The van der Waals surface area contributed by atoms with Crippen LogP contribution < -0.4 is 10.1 Å². The summed E-state index contributed by atoms with van der Waals surface area (Å²) in [6.45, 7) is 2.16. The topological polar surface area (TPSA) is 78.8 Å². The lowest BCUT2D eigenvalue weighted by molar-refractivity contribution is 0.0946. The Labute approximate surface area is 106 Å². The Bertz CT molecular complexity index is 404. The lowest BCUT2D eigenvalue weighted by atomic mass is 10.1. The van der Waals surface area contributed by atoms with Crippen molar-refractivity contribution in [3.05, 3.63) is 23.8 Å². The lowest BCUT2D eigenvalue weighted by Crippen LogP contribution is -2.25. The standard InChI is InChI=1S/C13H19NO4/c1-9(15)4-3-7-14-13(17)11-8-10(18-2)5-6-12(11)16/h5-6,8-9,15-16H,3-4,7H2,1-2H3,(H,14,17). The molecule has 0 fully saturated rings. The molecule has 1 amide bonds. The predicted molar refractivity (Wildman–Crippen MR) is 67.9 cm³/mol. The summed E-state index contributed by atoms with van der Waals surface area (Å²) in [7, 11) is 1.50. The number of methoxy groups -OCH3 is 1. The van der Waals surface area contributed by atoms with Crippen LogP contribution in [0.3, 0.4) is 0 Å². The number of aliphatic hydroxyl groups excluding tert-OH is 1. The third-order valence-corrected chi connectivity index (χ3v) is 2.53. The molecule has 100 valence electrons. The summed E-state index contributed by atoms with van der Waals surface area (Å²) < 4.78 is 4.99. The first-order valence-electron chi connectivity index (χ1n) is 5.88. The third kappa shape index (κ3) is 4.25. The zero-order valence-corrected chi connectivity index (χ0v) is 10.6. The van der Waals surface area contributed by atoms with E-state index in [1.807, 2.05) is 0 Å². The smallest absolute Gasteiger partial charge is 0.255 e. The maximum absolute atomic E-state index is 11.8. The van der Waals surface area contributed by atoms with Gasteiger partial charge in [0, 0.05) is 6.54 Å². The average Bonchev–Trinajstić information content (AvgIpc) is 2.34. The van der Waals surface area contributed by atoms with Gasteiger partial charge in [-0.05, 0) is 38.0 Å². The van der Waals surface area contributed by atoms with Crippen molar-refractivity contribution < 1.29 is 19.7 Å². The molecule has 0 spiro atoms. The van der Waals surface area contributed by atoms with E-state index < -0.39 is 0 Å². The minimum atomic E-state index is -0.368. The van der Waals surface area contributed by atoms with Crippen LogP contribution in [-0.2, 0) is 0 Å². The van der Waals surface area contributed by atoms with Crippen LogP contribution in [0, 0.1) is 0 Å². The number of carbonyl (C=O) groups excluding carboxylic acids is 1. The largest absolute Gasteiger partial charge is 0.507 e. The molecule has 0 saturated heterocycles. The number of benzene rings is 1. The molecule has 18 heavy (non-hydrogen) atoms. The van der Waals surface area contributed by atoms with Gasteiger partial charge in [-0.25, -0.2) is 0 Å². The Balaban J connectivity index is 2.55. The molecule has 1 rings (SSSR count). The van der Waals surface area contributed by atoms with Crippen molar-refractivity contribution in [2.45, 2.75) is 25.9 Å². The minimum Gasteiger partial charge on any atom is -0.507 e. The van der Waals surface area contributed by atoms with Gasteiger partial charge in [0.2, 0.25) is 0 Å². The van der Waals surface area contributed by atoms with Gasteiger partial charge in [-0.15, -0.1) is 0 Å². The summed E-state index contributed by atoms with van der Waals surface area (Å²) in [4.78, 5) is 11.8. The average molecular weight is 253 g/mol. The summed E-state index contributed by atoms with van der Waals surface area (Å²) in [5.74, 6) is 0.0859. The van der Waals surface area contributed by atoms with Gasteiger partial charge in [0.1, 0.15) is 11.5 Å². The maximum Gasteiger partial charge on any atom is 0.255 e. The zero-order chi connectivity index (χ0) is 13.5. The van der Waals surface area contributed by atoms with Gasteiger partial charge in [0.25, 0.3) is 5.91 Å². The van der Waals surface area contributed by atoms with E-state index in [9.17, 15) is 9.90 Å². The number of amides is 1. The van der Waals surface area contributed by atoms with Crippen LogP contribution in [0.1, 0.15) is 30.1 Å². The molecule has 0 aliphatic heterocycles. The fourth-order valence-electron chi connectivity index (χ4n) is 1.52. The number of aliphatic hydroxyl groups is 1. The number of rotatable bonds is 6. The summed E-state index contributed by atoms with van der Waals surface area (Å²) in [6, 6.07) is 4.49. The summed E-state index contributed by atoms with van der Waals surface area (Å²) in [5, 5.41) is 21.3. The molecule has 1 atom stereocenters. The fourth-order valence-corrected chi connectivity index (χ4v) is 1.52. The first-order valence-corrected chi connectivity index (χ1v) is 5.88. The third-order valence-electron chi connectivity index (χ3n) is 2.53. The van der Waals surface area contributed by atoms with Gasteiger partial charge in [-0.2, -0.15) is 0 Å². The van der Waals surface area contributed by atoms with Crippen LogP contribution in [0.25, 0.3) is 0 Å². The van der Waals surface area contributed by atoms with E-state index in [0.717, 1.165) is 0 Å². The maximum atomic E-state index is 11.8. The molecule has 3 N–H and O–H groups in total. The van der Waals surface area contributed by atoms with Gasteiger partial charge in [-0.1, -0.05) is 0 Å². The molecular weight excluding hydrogens is 234 g/mol. The highest BCUT2D eigenvalue weighted by Gasteiger charge is 2.11. The summed E-state index contributed by atoms with van der Waals surface area (Å²) in [6.07, 6.45) is 0.950. The Kier molecular flexibility index (Phi) is 5.45. The van der Waals surface area contributed by atoms with Crippen LogP contribution in [0.5, 0.6) is 11.5 Å². The number of phenolic OH excluding ortho intramolecular Hbond substituents is 1. The van der Waals surface area contributed by atoms with Gasteiger partial charge in [0.15, 0.2) is 0 Å². The van der Waals surface area contributed by atoms with Crippen molar-refractivity contribution in [2.24, 2.45) is 0 Å². The van der Waals surface area contributed by atoms with Gasteiger partial charge >= 0.3 is 0 Å². The van der Waals surface area contributed by atoms with E-state index in [0.29, 0.717) is 25.1 Å². The highest BCUT2D eigenvalue weighted by Crippen LogP contribution is 2.22. The van der Waals surface area contributed by atoms with Crippen LogP contribution in [0.15, 0.2) is 18.2 Å². The van der Waals surface area contributed by atoms with Crippen LogP contribution in [0.2, 0.25) is 0 Å². The van der Waals surface area contributed by atoms with Crippen LogP contribution in [-0.4, -0.2) is 35.9 Å². The van der Waals surface area contributed by atoms with E-state index in [1.165, 1.54) is 19.2 Å².